The molecule has 0 aliphatic carbocycles. The Bertz CT molecular complexity index is 780. The number of aromatic hydroxyl groups is 1. The van der Waals surface area contributed by atoms with Gasteiger partial charge in [-0.1, -0.05) is 0 Å². The van der Waals surface area contributed by atoms with E-state index in [0.29, 0.717) is 0 Å². The van der Waals surface area contributed by atoms with E-state index in [1.54, 1.807) is 6.07 Å². The molecular weight excluding hydrogens is 345 g/mol. The molecule has 108 valence electrons. The quantitative estimate of drug-likeness (QED) is 0.806. The lowest BCUT2D eigenvalue weighted by atomic mass is 10.2. The summed E-state index contributed by atoms with van der Waals surface area (Å²) in [7, 11) is 1.13. The van der Waals surface area contributed by atoms with Crippen LogP contribution in [0.2, 0.25) is 0 Å². The minimum atomic E-state index is -0.854. The standard InChI is InChI=1S/C13H9BrFN3O3/c1-21-13(20)12-10(17)6(4-16)5-18(12)11-8(19)3-2-7(14)9(11)15/h2-3,5,19H,17H2,1H3. The van der Waals surface area contributed by atoms with Crippen LogP contribution in [0, 0.1) is 17.1 Å². The Labute approximate surface area is 127 Å². The van der Waals surface area contributed by atoms with Crippen LogP contribution in [0.25, 0.3) is 5.69 Å². The number of carbonyl (C=O) groups is 1. The molecule has 1 heterocycles. The summed E-state index contributed by atoms with van der Waals surface area (Å²) in [5.41, 5.74) is 4.98. The second-order valence-electron chi connectivity index (χ2n) is 4.01. The third-order valence-corrected chi connectivity index (χ3v) is 3.44. The van der Waals surface area contributed by atoms with Gasteiger partial charge in [0.2, 0.25) is 0 Å². The van der Waals surface area contributed by atoms with E-state index in [9.17, 15) is 14.3 Å². The molecule has 2 aromatic rings. The molecule has 6 nitrogen and oxygen atoms in total. The number of nitrogens with zero attached hydrogens (tertiary/aromatic N) is 2. The first-order chi connectivity index (χ1) is 9.92. The molecule has 0 spiro atoms. The number of methoxy groups -OCH3 is 1. The van der Waals surface area contributed by atoms with Crippen molar-refractivity contribution in [2.24, 2.45) is 0 Å². The number of ether oxygens (including phenoxy) is 1. The maximum atomic E-state index is 14.2. The number of anilines is 1. The average molecular weight is 354 g/mol. The molecule has 0 radical (unpaired) electrons. The Morgan fingerprint density at radius 2 is 2.24 bits per heavy atom. The molecule has 21 heavy (non-hydrogen) atoms. The van der Waals surface area contributed by atoms with Crippen LogP contribution in [0.5, 0.6) is 5.75 Å². The summed E-state index contributed by atoms with van der Waals surface area (Å²) < 4.78 is 19.9. The number of nitrogen functional groups attached to an aromatic ring is 1. The van der Waals surface area contributed by atoms with Gasteiger partial charge in [0, 0.05) is 6.20 Å². The Kier molecular flexibility index (Phi) is 3.86. The van der Waals surface area contributed by atoms with Crippen molar-refractivity contribution < 1.29 is 19.0 Å². The van der Waals surface area contributed by atoms with Gasteiger partial charge in [-0.15, -0.1) is 0 Å². The van der Waals surface area contributed by atoms with E-state index in [4.69, 9.17) is 11.0 Å². The number of phenolic OH excluding ortho intramolecular Hbond substituents is 1. The van der Waals surface area contributed by atoms with E-state index >= 15 is 0 Å². The molecule has 0 amide bonds. The lowest BCUT2D eigenvalue weighted by Gasteiger charge is -2.12. The molecular formula is C13H9BrFN3O3. The van der Waals surface area contributed by atoms with Gasteiger partial charge in [0.1, 0.15) is 17.5 Å². The van der Waals surface area contributed by atoms with E-state index in [-0.39, 0.29) is 27.1 Å². The fraction of sp³-hybridized carbons (Fsp3) is 0.0769. The van der Waals surface area contributed by atoms with E-state index < -0.39 is 17.5 Å². The van der Waals surface area contributed by atoms with Gasteiger partial charge >= 0.3 is 5.97 Å². The zero-order valence-corrected chi connectivity index (χ0v) is 12.3. The van der Waals surface area contributed by atoms with Crippen LogP contribution in [0.1, 0.15) is 16.1 Å². The average Bonchev–Trinajstić information content (AvgIpc) is 2.79. The number of hydrogen-bond donors (Lipinski definition) is 2. The molecule has 1 aromatic carbocycles. The molecule has 1 aromatic heterocycles. The van der Waals surface area contributed by atoms with Crippen molar-refractivity contribution in [3.05, 3.63) is 39.9 Å². The summed E-state index contributed by atoms with van der Waals surface area (Å²) in [5, 5.41) is 18.9. The third-order valence-electron chi connectivity index (χ3n) is 2.83. The number of hydrogen-bond acceptors (Lipinski definition) is 5. The first kappa shape index (κ1) is 14.9. The summed E-state index contributed by atoms with van der Waals surface area (Å²) in [6.07, 6.45) is 1.16. The molecule has 0 saturated heterocycles. The molecule has 0 aliphatic heterocycles. The summed E-state index contributed by atoms with van der Waals surface area (Å²) >= 11 is 2.99. The van der Waals surface area contributed by atoms with Gasteiger partial charge in [-0.05, 0) is 28.1 Å². The second kappa shape index (κ2) is 5.46. The van der Waals surface area contributed by atoms with Gasteiger partial charge in [0.25, 0.3) is 0 Å². The molecule has 0 aliphatic rings. The monoisotopic (exact) mass is 353 g/mol. The predicted molar refractivity (Wildman–Crippen MR) is 75.6 cm³/mol. The lowest BCUT2D eigenvalue weighted by Crippen LogP contribution is -2.12. The minimum absolute atomic E-state index is 0.0332. The fourth-order valence-corrected chi connectivity index (χ4v) is 2.17. The number of nitrogens with two attached hydrogens (primary N) is 1. The zero-order chi connectivity index (χ0) is 15.7. The van der Waals surface area contributed by atoms with Gasteiger partial charge in [0.15, 0.2) is 11.5 Å². The maximum absolute atomic E-state index is 14.2. The van der Waals surface area contributed by atoms with Crippen molar-refractivity contribution in [2.75, 3.05) is 12.8 Å². The number of nitriles is 1. The Hall–Kier alpha value is -2.53. The highest BCUT2D eigenvalue weighted by Crippen LogP contribution is 2.34. The van der Waals surface area contributed by atoms with Crippen molar-refractivity contribution >= 4 is 27.6 Å². The largest absolute Gasteiger partial charge is 0.506 e. The van der Waals surface area contributed by atoms with E-state index in [2.05, 4.69) is 20.7 Å². The van der Waals surface area contributed by atoms with Crippen LogP contribution >= 0.6 is 15.9 Å². The second-order valence-corrected chi connectivity index (χ2v) is 4.86. The van der Waals surface area contributed by atoms with Crippen LogP contribution in [-0.4, -0.2) is 22.8 Å². The number of esters is 1. The molecule has 8 heteroatoms. The van der Waals surface area contributed by atoms with Crippen molar-refractivity contribution in [3.8, 4) is 17.5 Å². The first-order valence-corrected chi connectivity index (χ1v) is 6.38. The highest BCUT2D eigenvalue weighted by atomic mass is 79.9. The van der Waals surface area contributed by atoms with Gasteiger partial charge in [-0.2, -0.15) is 5.26 Å². The van der Waals surface area contributed by atoms with Gasteiger partial charge in [-0.3, -0.25) is 0 Å². The number of carbonyl (C=O) groups excluding carboxylic acids is 1. The smallest absolute Gasteiger partial charge is 0.357 e. The Balaban J connectivity index is 2.85. The van der Waals surface area contributed by atoms with Crippen molar-refractivity contribution in [1.29, 1.82) is 5.26 Å². The van der Waals surface area contributed by atoms with Crippen LogP contribution in [0.15, 0.2) is 22.8 Å². The molecule has 3 N–H and O–H groups in total. The molecule has 0 unspecified atom stereocenters. The van der Waals surface area contributed by atoms with Gasteiger partial charge < -0.3 is 20.1 Å². The number of aromatic nitrogens is 1. The maximum Gasteiger partial charge on any atom is 0.357 e. The van der Waals surface area contributed by atoms with Crippen molar-refractivity contribution in [2.45, 2.75) is 0 Å². The van der Waals surface area contributed by atoms with Crippen LogP contribution in [-0.2, 0) is 4.74 Å². The van der Waals surface area contributed by atoms with Crippen molar-refractivity contribution in [3.63, 3.8) is 0 Å². The number of halogens is 2. The molecule has 0 bridgehead atoms. The summed E-state index contributed by atoms with van der Waals surface area (Å²) in [6, 6.07) is 4.34. The first-order valence-electron chi connectivity index (χ1n) is 5.59. The van der Waals surface area contributed by atoms with Crippen LogP contribution < -0.4 is 5.73 Å². The predicted octanol–water partition coefficient (Wildman–Crippen LogP) is 2.32. The normalized spacial score (nSPS) is 10.2. The van der Waals surface area contributed by atoms with E-state index in [0.717, 1.165) is 17.9 Å². The lowest BCUT2D eigenvalue weighted by molar-refractivity contribution is 0.0593. The highest BCUT2D eigenvalue weighted by Gasteiger charge is 2.25. The molecule has 0 fully saturated rings. The molecule has 0 saturated carbocycles. The third kappa shape index (κ3) is 2.32. The number of benzene rings is 1. The van der Waals surface area contributed by atoms with Gasteiger partial charge in [0.05, 0.1) is 22.8 Å². The molecule has 0 atom stereocenters. The topological polar surface area (TPSA) is 101 Å². The Morgan fingerprint density at radius 3 is 2.81 bits per heavy atom. The summed E-state index contributed by atoms with van der Waals surface area (Å²) in [5.74, 6) is -2.08. The fourth-order valence-electron chi connectivity index (χ4n) is 1.85. The van der Waals surface area contributed by atoms with Crippen LogP contribution in [0.4, 0.5) is 10.1 Å². The van der Waals surface area contributed by atoms with Crippen LogP contribution in [0.3, 0.4) is 0 Å². The SMILES string of the molecule is COC(=O)c1c(N)c(C#N)cn1-c1c(O)ccc(Br)c1F. The minimum Gasteiger partial charge on any atom is -0.506 e. The molecule has 2 rings (SSSR count). The number of phenols is 1. The number of rotatable bonds is 2. The highest BCUT2D eigenvalue weighted by molar-refractivity contribution is 9.10. The van der Waals surface area contributed by atoms with Gasteiger partial charge in [-0.25, -0.2) is 9.18 Å². The Morgan fingerprint density at radius 1 is 1.57 bits per heavy atom. The summed E-state index contributed by atoms with van der Waals surface area (Å²) in [6.45, 7) is 0. The zero-order valence-electron chi connectivity index (χ0n) is 10.7. The van der Waals surface area contributed by atoms with E-state index in [1.807, 2.05) is 0 Å². The van der Waals surface area contributed by atoms with E-state index in [1.165, 1.54) is 12.1 Å². The van der Waals surface area contributed by atoms with Crippen molar-refractivity contribution in [1.82, 2.24) is 4.57 Å². The summed E-state index contributed by atoms with van der Waals surface area (Å²) in [4.78, 5) is 11.8.